The molecular weight excluding hydrogens is 176 g/mol. The van der Waals surface area contributed by atoms with Crippen molar-refractivity contribution in [3.63, 3.8) is 0 Å². The molecule has 0 aliphatic heterocycles. The summed E-state index contributed by atoms with van der Waals surface area (Å²) < 4.78 is 0. The van der Waals surface area contributed by atoms with Gasteiger partial charge >= 0.3 is 5.97 Å². The van der Waals surface area contributed by atoms with Crippen LogP contribution in [0.3, 0.4) is 0 Å². The highest BCUT2D eigenvalue weighted by atomic mass is 35.5. The molecule has 0 aromatic carbocycles. The minimum absolute atomic E-state index is 0.306. The lowest BCUT2D eigenvalue weighted by Crippen LogP contribution is -1.99. The molecule has 0 saturated heterocycles. The Kier molecular flexibility index (Phi) is 7.26. The van der Waals surface area contributed by atoms with Crippen LogP contribution in [0.1, 0.15) is 39.0 Å². The predicted octanol–water partition coefficient (Wildman–Crippen LogP) is 2.90. The molecule has 0 aromatic heterocycles. The maximum Gasteiger partial charge on any atom is 0.318 e. The van der Waals surface area contributed by atoms with E-state index in [0.717, 1.165) is 5.92 Å². The monoisotopic (exact) mass is 192 g/mol. The summed E-state index contributed by atoms with van der Waals surface area (Å²) in [6.45, 7) is 2.36. The molecule has 3 heteroatoms. The first kappa shape index (κ1) is 11.8. The Labute approximate surface area is 78.9 Å². The summed E-state index contributed by atoms with van der Waals surface area (Å²) >= 11 is 4.74. The van der Waals surface area contributed by atoms with Gasteiger partial charge in [0.1, 0.15) is 5.88 Å². The maximum absolute atomic E-state index is 9.24. The van der Waals surface area contributed by atoms with Crippen LogP contribution in [-0.4, -0.2) is 17.0 Å². The molecule has 1 fully saturated rings. The summed E-state index contributed by atoms with van der Waals surface area (Å²) in [6, 6.07) is 0. The van der Waals surface area contributed by atoms with Crippen LogP contribution in [0.25, 0.3) is 0 Å². The highest BCUT2D eigenvalue weighted by Gasteiger charge is 2.05. The van der Waals surface area contributed by atoms with Gasteiger partial charge in [-0.05, 0) is 5.92 Å². The molecule has 0 atom stereocenters. The van der Waals surface area contributed by atoms with Gasteiger partial charge in [-0.1, -0.05) is 39.0 Å². The molecule has 1 saturated carbocycles. The molecule has 0 unspecified atom stereocenters. The SMILES string of the molecule is CC1CCCCC1.O=C(O)CCl. The van der Waals surface area contributed by atoms with Crippen molar-refractivity contribution in [3.8, 4) is 0 Å². The molecule has 1 rings (SSSR count). The Morgan fingerprint density at radius 1 is 1.42 bits per heavy atom. The summed E-state index contributed by atoms with van der Waals surface area (Å²) in [5.41, 5.74) is 0. The van der Waals surface area contributed by atoms with E-state index in [2.05, 4.69) is 6.92 Å². The molecule has 72 valence electrons. The fraction of sp³-hybridized carbons (Fsp3) is 0.889. The van der Waals surface area contributed by atoms with Crippen LogP contribution < -0.4 is 0 Å². The van der Waals surface area contributed by atoms with Crippen LogP contribution >= 0.6 is 11.6 Å². The Morgan fingerprint density at radius 2 is 1.83 bits per heavy atom. The van der Waals surface area contributed by atoms with Crippen molar-refractivity contribution in [2.75, 3.05) is 5.88 Å². The fourth-order valence-corrected chi connectivity index (χ4v) is 1.31. The average Bonchev–Trinajstić information content (AvgIpc) is 2.07. The van der Waals surface area contributed by atoms with E-state index in [9.17, 15) is 4.79 Å². The second-order valence-electron chi connectivity index (χ2n) is 3.27. The first-order chi connectivity index (χ1) is 5.66. The number of hydrogen-bond donors (Lipinski definition) is 1. The summed E-state index contributed by atoms with van der Waals surface area (Å²) in [5, 5.41) is 7.59. The van der Waals surface area contributed by atoms with E-state index in [0.29, 0.717) is 0 Å². The highest BCUT2D eigenvalue weighted by Crippen LogP contribution is 2.21. The summed E-state index contributed by atoms with van der Waals surface area (Å²) in [7, 11) is 0. The van der Waals surface area contributed by atoms with Crippen molar-refractivity contribution in [1.29, 1.82) is 0 Å². The van der Waals surface area contributed by atoms with Crippen LogP contribution in [0, 0.1) is 5.92 Å². The molecule has 0 bridgehead atoms. The van der Waals surface area contributed by atoms with Gasteiger partial charge in [-0.3, -0.25) is 4.79 Å². The van der Waals surface area contributed by atoms with Gasteiger partial charge in [0, 0.05) is 0 Å². The van der Waals surface area contributed by atoms with E-state index in [1.807, 2.05) is 0 Å². The maximum atomic E-state index is 9.24. The average molecular weight is 193 g/mol. The van der Waals surface area contributed by atoms with Gasteiger partial charge in [-0.2, -0.15) is 0 Å². The van der Waals surface area contributed by atoms with Crippen molar-refractivity contribution in [2.24, 2.45) is 5.92 Å². The van der Waals surface area contributed by atoms with Crippen molar-refractivity contribution in [2.45, 2.75) is 39.0 Å². The minimum atomic E-state index is -0.980. The van der Waals surface area contributed by atoms with E-state index in [4.69, 9.17) is 16.7 Å². The first-order valence-corrected chi connectivity index (χ1v) is 4.98. The Morgan fingerprint density at radius 3 is 2.00 bits per heavy atom. The summed E-state index contributed by atoms with van der Waals surface area (Å²) in [5.74, 6) is -0.250. The zero-order chi connectivity index (χ0) is 9.40. The number of aliphatic carboxylic acids is 1. The lowest BCUT2D eigenvalue weighted by molar-refractivity contribution is -0.134. The van der Waals surface area contributed by atoms with Gasteiger partial charge in [0.05, 0.1) is 0 Å². The van der Waals surface area contributed by atoms with Crippen LogP contribution in [0.2, 0.25) is 0 Å². The van der Waals surface area contributed by atoms with E-state index in [1.54, 1.807) is 0 Å². The number of carboxylic acid groups (broad SMARTS) is 1. The number of carbonyl (C=O) groups is 1. The van der Waals surface area contributed by atoms with Crippen molar-refractivity contribution < 1.29 is 9.90 Å². The van der Waals surface area contributed by atoms with Crippen molar-refractivity contribution in [1.82, 2.24) is 0 Å². The van der Waals surface area contributed by atoms with Gasteiger partial charge in [0.2, 0.25) is 0 Å². The normalized spacial score (nSPS) is 17.8. The first-order valence-electron chi connectivity index (χ1n) is 4.44. The summed E-state index contributed by atoms with van der Waals surface area (Å²) in [6.07, 6.45) is 7.44. The molecule has 0 aromatic rings. The van der Waals surface area contributed by atoms with Crippen LogP contribution in [0.4, 0.5) is 0 Å². The van der Waals surface area contributed by atoms with E-state index in [1.165, 1.54) is 32.1 Å². The second-order valence-corrected chi connectivity index (χ2v) is 3.54. The van der Waals surface area contributed by atoms with Crippen LogP contribution in [-0.2, 0) is 4.79 Å². The predicted molar refractivity (Wildman–Crippen MR) is 50.6 cm³/mol. The number of halogens is 1. The quantitative estimate of drug-likeness (QED) is 0.649. The number of alkyl halides is 1. The zero-order valence-electron chi connectivity index (χ0n) is 7.55. The zero-order valence-corrected chi connectivity index (χ0v) is 8.31. The van der Waals surface area contributed by atoms with E-state index in [-0.39, 0.29) is 5.88 Å². The number of hydrogen-bond acceptors (Lipinski definition) is 1. The molecular formula is C9H17ClO2. The molecule has 2 nitrogen and oxygen atoms in total. The molecule has 1 N–H and O–H groups in total. The smallest absolute Gasteiger partial charge is 0.318 e. The third kappa shape index (κ3) is 7.86. The fourth-order valence-electron chi connectivity index (χ4n) is 1.31. The molecule has 1 aliphatic rings. The third-order valence-corrected chi connectivity index (χ3v) is 2.24. The van der Waals surface area contributed by atoms with Crippen LogP contribution in [0.5, 0.6) is 0 Å². The molecule has 0 amide bonds. The molecule has 0 heterocycles. The van der Waals surface area contributed by atoms with Crippen LogP contribution in [0.15, 0.2) is 0 Å². The van der Waals surface area contributed by atoms with Crippen molar-refractivity contribution >= 4 is 17.6 Å². The lowest BCUT2D eigenvalue weighted by Gasteiger charge is -2.15. The van der Waals surface area contributed by atoms with Gasteiger partial charge < -0.3 is 5.11 Å². The van der Waals surface area contributed by atoms with Gasteiger partial charge in [-0.25, -0.2) is 0 Å². The highest BCUT2D eigenvalue weighted by molar-refractivity contribution is 6.26. The number of carboxylic acids is 1. The Bertz CT molecular complexity index is 120. The van der Waals surface area contributed by atoms with E-state index < -0.39 is 5.97 Å². The molecule has 1 aliphatic carbocycles. The third-order valence-electron chi connectivity index (χ3n) is 2.01. The largest absolute Gasteiger partial charge is 0.480 e. The van der Waals surface area contributed by atoms with Crippen molar-refractivity contribution in [3.05, 3.63) is 0 Å². The number of rotatable bonds is 1. The summed E-state index contributed by atoms with van der Waals surface area (Å²) in [4.78, 5) is 9.24. The Hall–Kier alpha value is -0.240. The Balaban J connectivity index is 0.000000217. The topological polar surface area (TPSA) is 37.3 Å². The van der Waals surface area contributed by atoms with E-state index >= 15 is 0 Å². The second kappa shape index (κ2) is 7.41. The lowest BCUT2D eigenvalue weighted by atomic mass is 9.91. The van der Waals surface area contributed by atoms with Gasteiger partial charge in [0.15, 0.2) is 0 Å². The van der Waals surface area contributed by atoms with Gasteiger partial charge in [-0.15, -0.1) is 11.6 Å². The molecule has 12 heavy (non-hydrogen) atoms. The molecule has 0 radical (unpaired) electrons. The molecule has 0 spiro atoms. The van der Waals surface area contributed by atoms with Gasteiger partial charge in [0.25, 0.3) is 0 Å². The standard InChI is InChI=1S/C7H14.C2H3ClO2/c1-7-5-3-2-4-6-7;3-1-2(4)5/h7H,2-6H2,1H3;1H2,(H,4,5). The minimum Gasteiger partial charge on any atom is -0.480 e.